The molecule has 1 amide bonds. The van der Waals surface area contributed by atoms with E-state index in [0.717, 1.165) is 5.56 Å². The van der Waals surface area contributed by atoms with Gasteiger partial charge in [0.25, 0.3) is 0 Å². The lowest BCUT2D eigenvalue weighted by Crippen LogP contribution is -2.20. The number of hydrogen-bond acceptors (Lipinski definition) is 2. The number of rotatable bonds is 2. The minimum absolute atomic E-state index is 0.0267. The number of carbonyl (C=O) groups excluding carboxylic acids is 1. The third-order valence-electron chi connectivity index (χ3n) is 2.29. The zero-order chi connectivity index (χ0) is 9.97. The van der Waals surface area contributed by atoms with Crippen LogP contribution in [0.15, 0.2) is 43.1 Å². The van der Waals surface area contributed by atoms with E-state index in [9.17, 15) is 4.79 Å². The Morgan fingerprint density at radius 2 is 2.14 bits per heavy atom. The standard InChI is InChI=1S/C11H11NO2/c1-2-12-10(8-14-11(12)13)9-6-4-3-5-7-9/h2-7,10H,1,8H2/t10-/m0/s1. The van der Waals surface area contributed by atoms with Gasteiger partial charge in [-0.25, -0.2) is 4.79 Å². The highest BCUT2D eigenvalue weighted by atomic mass is 16.6. The van der Waals surface area contributed by atoms with Crippen LogP contribution in [-0.4, -0.2) is 17.6 Å². The molecule has 3 nitrogen and oxygen atoms in total. The molecule has 0 N–H and O–H groups in total. The van der Waals surface area contributed by atoms with Crippen LogP contribution in [0.1, 0.15) is 11.6 Å². The number of ether oxygens (including phenoxy) is 1. The molecular formula is C11H11NO2. The maximum atomic E-state index is 11.2. The van der Waals surface area contributed by atoms with Gasteiger partial charge in [-0.15, -0.1) is 0 Å². The van der Waals surface area contributed by atoms with Gasteiger partial charge in [0.15, 0.2) is 0 Å². The van der Waals surface area contributed by atoms with Crippen LogP contribution in [0.5, 0.6) is 0 Å². The van der Waals surface area contributed by atoms with E-state index in [1.165, 1.54) is 11.1 Å². The van der Waals surface area contributed by atoms with Crippen LogP contribution in [-0.2, 0) is 4.74 Å². The third-order valence-corrected chi connectivity index (χ3v) is 2.29. The summed E-state index contributed by atoms with van der Waals surface area (Å²) in [6.45, 7) is 3.99. The van der Waals surface area contributed by atoms with Gasteiger partial charge in [-0.05, 0) is 5.56 Å². The van der Waals surface area contributed by atoms with Crippen molar-refractivity contribution in [3.63, 3.8) is 0 Å². The lowest BCUT2D eigenvalue weighted by atomic mass is 10.1. The van der Waals surface area contributed by atoms with E-state index >= 15 is 0 Å². The maximum Gasteiger partial charge on any atom is 0.414 e. The Morgan fingerprint density at radius 3 is 2.79 bits per heavy atom. The average molecular weight is 189 g/mol. The molecular weight excluding hydrogens is 178 g/mol. The molecule has 14 heavy (non-hydrogen) atoms. The van der Waals surface area contributed by atoms with Crippen molar-refractivity contribution in [3.05, 3.63) is 48.7 Å². The minimum atomic E-state index is -0.325. The van der Waals surface area contributed by atoms with Crippen LogP contribution < -0.4 is 0 Å². The Labute approximate surface area is 82.6 Å². The molecule has 1 atom stereocenters. The van der Waals surface area contributed by atoms with Crippen LogP contribution in [0.2, 0.25) is 0 Å². The molecule has 0 spiro atoms. The van der Waals surface area contributed by atoms with Crippen LogP contribution in [0.4, 0.5) is 4.79 Å². The topological polar surface area (TPSA) is 29.5 Å². The number of carbonyl (C=O) groups is 1. The summed E-state index contributed by atoms with van der Waals surface area (Å²) in [5.41, 5.74) is 1.07. The number of nitrogens with zero attached hydrogens (tertiary/aromatic N) is 1. The SMILES string of the molecule is C=CN1C(=O)OC[C@H]1c1ccccc1. The lowest BCUT2D eigenvalue weighted by Gasteiger charge is -2.16. The van der Waals surface area contributed by atoms with Crippen molar-refractivity contribution in [2.75, 3.05) is 6.61 Å². The van der Waals surface area contributed by atoms with Gasteiger partial charge < -0.3 is 4.74 Å². The van der Waals surface area contributed by atoms with Gasteiger partial charge in [0.1, 0.15) is 6.61 Å². The summed E-state index contributed by atoms with van der Waals surface area (Å²) in [7, 11) is 0. The van der Waals surface area contributed by atoms with E-state index in [-0.39, 0.29) is 12.1 Å². The van der Waals surface area contributed by atoms with Crippen molar-refractivity contribution in [1.29, 1.82) is 0 Å². The summed E-state index contributed by atoms with van der Waals surface area (Å²) >= 11 is 0. The predicted octanol–water partition coefficient (Wildman–Crippen LogP) is 2.32. The van der Waals surface area contributed by atoms with Gasteiger partial charge in [0, 0.05) is 6.20 Å². The molecule has 0 aliphatic carbocycles. The molecule has 72 valence electrons. The zero-order valence-corrected chi connectivity index (χ0v) is 7.72. The quantitative estimate of drug-likeness (QED) is 0.714. The first-order chi connectivity index (χ1) is 6.83. The van der Waals surface area contributed by atoms with Crippen molar-refractivity contribution < 1.29 is 9.53 Å². The fourth-order valence-corrected chi connectivity index (χ4v) is 1.57. The van der Waals surface area contributed by atoms with E-state index < -0.39 is 0 Å². The molecule has 0 aromatic heterocycles. The van der Waals surface area contributed by atoms with Crippen LogP contribution in [0, 0.1) is 0 Å². The molecule has 3 heteroatoms. The Balaban J connectivity index is 2.27. The molecule has 1 heterocycles. The van der Waals surface area contributed by atoms with Crippen LogP contribution in [0.25, 0.3) is 0 Å². The van der Waals surface area contributed by atoms with Crippen LogP contribution in [0.3, 0.4) is 0 Å². The summed E-state index contributed by atoms with van der Waals surface area (Å²) in [5, 5.41) is 0. The molecule has 1 saturated heterocycles. The highest BCUT2D eigenvalue weighted by Gasteiger charge is 2.31. The van der Waals surface area contributed by atoms with Crippen molar-refractivity contribution in [1.82, 2.24) is 4.90 Å². The van der Waals surface area contributed by atoms with Gasteiger partial charge in [0.2, 0.25) is 0 Å². The maximum absolute atomic E-state index is 11.2. The fourth-order valence-electron chi connectivity index (χ4n) is 1.57. The fraction of sp³-hybridized carbons (Fsp3) is 0.182. The number of amides is 1. The molecule has 0 unspecified atom stereocenters. The monoisotopic (exact) mass is 189 g/mol. The first kappa shape index (κ1) is 8.81. The van der Waals surface area contributed by atoms with Crippen LogP contribution >= 0.6 is 0 Å². The van der Waals surface area contributed by atoms with Gasteiger partial charge >= 0.3 is 6.09 Å². The molecule has 0 saturated carbocycles. The minimum Gasteiger partial charge on any atom is -0.447 e. The second kappa shape index (κ2) is 3.54. The third kappa shape index (κ3) is 1.37. The molecule has 0 bridgehead atoms. The molecule has 1 aromatic rings. The van der Waals surface area contributed by atoms with Crippen molar-refractivity contribution in [2.45, 2.75) is 6.04 Å². The molecule has 1 fully saturated rings. The van der Waals surface area contributed by atoms with E-state index in [0.29, 0.717) is 6.61 Å². The van der Waals surface area contributed by atoms with E-state index in [1.54, 1.807) is 0 Å². The Bertz CT molecular complexity index is 348. The van der Waals surface area contributed by atoms with Gasteiger partial charge in [-0.1, -0.05) is 36.9 Å². The summed E-state index contributed by atoms with van der Waals surface area (Å²) in [6, 6.07) is 9.76. The van der Waals surface area contributed by atoms with Gasteiger partial charge in [-0.3, -0.25) is 4.90 Å². The van der Waals surface area contributed by atoms with Crippen molar-refractivity contribution in [3.8, 4) is 0 Å². The molecule has 0 radical (unpaired) electrons. The van der Waals surface area contributed by atoms with E-state index in [1.807, 2.05) is 30.3 Å². The summed E-state index contributed by atoms with van der Waals surface area (Å²) in [4.78, 5) is 12.7. The smallest absolute Gasteiger partial charge is 0.414 e. The van der Waals surface area contributed by atoms with Gasteiger partial charge in [0.05, 0.1) is 6.04 Å². The van der Waals surface area contributed by atoms with Gasteiger partial charge in [-0.2, -0.15) is 0 Å². The molecule has 2 rings (SSSR count). The Kier molecular flexibility index (Phi) is 2.23. The molecule has 1 aromatic carbocycles. The number of benzene rings is 1. The summed E-state index contributed by atoms with van der Waals surface area (Å²) in [6.07, 6.45) is 1.18. The first-order valence-corrected chi connectivity index (χ1v) is 4.45. The van der Waals surface area contributed by atoms with Crippen molar-refractivity contribution in [2.24, 2.45) is 0 Å². The highest BCUT2D eigenvalue weighted by molar-refractivity contribution is 5.71. The lowest BCUT2D eigenvalue weighted by molar-refractivity contribution is 0.166. The summed E-state index contributed by atoms with van der Waals surface area (Å²) in [5.74, 6) is 0. The number of hydrogen-bond donors (Lipinski definition) is 0. The zero-order valence-electron chi connectivity index (χ0n) is 7.72. The second-order valence-corrected chi connectivity index (χ2v) is 3.09. The Hall–Kier alpha value is -1.77. The largest absolute Gasteiger partial charge is 0.447 e. The predicted molar refractivity (Wildman–Crippen MR) is 52.6 cm³/mol. The van der Waals surface area contributed by atoms with Crippen molar-refractivity contribution >= 4 is 6.09 Å². The van der Waals surface area contributed by atoms with E-state index in [4.69, 9.17) is 4.74 Å². The number of cyclic esters (lactones) is 1. The second-order valence-electron chi connectivity index (χ2n) is 3.09. The normalized spacial score (nSPS) is 20.7. The molecule has 1 aliphatic rings. The first-order valence-electron chi connectivity index (χ1n) is 4.45. The summed E-state index contributed by atoms with van der Waals surface area (Å²) < 4.78 is 4.94. The van der Waals surface area contributed by atoms with E-state index in [2.05, 4.69) is 6.58 Å². The average Bonchev–Trinajstić information content (AvgIpc) is 2.61. The molecule has 1 aliphatic heterocycles. The Morgan fingerprint density at radius 1 is 1.43 bits per heavy atom. The highest BCUT2D eigenvalue weighted by Crippen LogP contribution is 2.27.